The standard InChI is InChI=1S/C19H23N3O5S/c1-4-10(2)27-19(26)14-11-7-5-6-8-13(11)28-17(14)21-16(23)15-12(18(24)25)9-20-22(15)3/h9-10H,4-8H2,1-3H3,(H,21,23)(H,24,25). The van der Waals surface area contributed by atoms with Crippen molar-refractivity contribution in [3.05, 3.63) is 33.5 Å². The quantitative estimate of drug-likeness (QED) is 0.714. The van der Waals surface area contributed by atoms with E-state index in [1.54, 1.807) is 0 Å². The number of hydrogen-bond acceptors (Lipinski definition) is 6. The van der Waals surface area contributed by atoms with Gasteiger partial charge in [0, 0.05) is 11.9 Å². The lowest BCUT2D eigenvalue weighted by atomic mass is 9.95. The fourth-order valence-electron chi connectivity index (χ4n) is 3.22. The van der Waals surface area contributed by atoms with Crippen LogP contribution in [-0.4, -0.2) is 38.8 Å². The van der Waals surface area contributed by atoms with Crippen molar-refractivity contribution >= 4 is 34.2 Å². The Hall–Kier alpha value is -2.68. The van der Waals surface area contributed by atoms with Crippen LogP contribution < -0.4 is 5.32 Å². The van der Waals surface area contributed by atoms with Gasteiger partial charge in [0.2, 0.25) is 0 Å². The van der Waals surface area contributed by atoms with Crippen LogP contribution in [0.1, 0.15) is 74.8 Å². The predicted molar refractivity (Wildman–Crippen MR) is 104 cm³/mol. The minimum absolute atomic E-state index is 0.0693. The third-order valence-corrected chi connectivity index (χ3v) is 6.08. The zero-order valence-electron chi connectivity index (χ0n) is 16.1. The number of carboxylic acid groups (broad SMARTS) is 1. The fourth-order valence-corrected chi connectivity index (χ4v) is 4.49. The highest BCUT2D eigenvalue weighted by Crippen LogP contribution is 2.39. The topological polar surface area (TPSA) is 111 Å². The SMILES string of the molecule is CCC(C)OC(=O)c1c(NC(=O)c2c(C(=O)O)cnn2C)sc2c1CCCC2. The third kappa shape index (κ3) is 3.80. The highest BCUT2D eigenvalue weighted by Gasteiger charge is 2.30. The molecule has 3 rings (SSSR count). The average Bonchev–Trinajstić information content (AvgIpc) is 3.21. The molecule has 28 heavy (non-hydrogen) atoms. The molecule has 150 valence electrons. The van der Waals surface area contributed by atoms with Gasteiger partial charge in [-0.05, 0) is 44.6 Å². The van der Waals surface area contributed by atoms with Gasteiger partial charge < -0.3 is 15.2 Å². The second kappa shape index (κ2) is 8.14. The van der Waals surface area contributed by atoms with E-state index in [9.17, 15) is 19.5 Å². The number of amides is 1. The number of ether oxygens (including phenoxy) is 1. The van der Waals surface area contributed by atoms with E-state index >= 15 is 0 Å². The molecule has 0 saturated heterocycles. The van der Waals surface area contributed by atoms with Crippen LogP contribution in [0.5, 0.6) is 0 Å². The molecular weight excluding hydrogens is 382 g/mol. The van der Waals surface area contributed by atoms with Gasteiger partial charge >= 0.3 is 11.9 Å². The number of carbonyl (C=O) groups is 3. The summed E-state index contributed by atoms with van der Waals surface area (Å²) in [5.74, 6) is -2.30. The number of fused-ring (bicyclic) bond motifs is 1. The fraction of sp³-hybridized carbons (Fsp3) is 0.474. The van der Waals surface area contributed by atoms with Gasteiger partial charge in [-0.1, -0.05) is 6.92 Å². The number of aromatic carboxylic acids is 1. The summed E-state index contributed by atoms with van der Waals surface area (Å²) in [6.07, 6.45) is 5.22. The molecule has 2 N–H and O–H groups in total. The number of rotatable bonds is 6. The Bertz CT molecular complexity index is 930. The third-order valence-electron chi connectivity index (χ3n) is 4.87. The van der Waals surface area contributed by atoms with Crippen LogP contribution >= 0.6 is 11.3 Å². The maximum Gasteiger partial charge on any atom is 0.341 e. The van der Waals surface area contributed by atoms with Gasteiger partial charge in [-0.2, -0.15) is 5.10 Å². The van der Waals surface area contributed by atoms with Crippen molar-refractivity contribution in [3.63, 3.8) is 0 Å². The Balaban J connectivity index is 1.97. The van der Waals surface area contributed by atoms with Crippen molar-refractivity contribution in [1.82, 2.24) is 9.78 Å². The Morgan fingerprint density at radius 3 is 2.75 bits per heavy atom. The molecular formula is C19H23N3O5S. The highest BCUT2D eigenvalue weighted by molar-refractivity contribution is 7.17. The summed E-state index contributed by atoms with van der Waals surface area (Å²) in [6, 6.07) is 0. The Morgan fingerprint density at radius 1 is 1.36 bits per heavy atom. The van der Waals surface area contributed by atoms with Gasteiger partial charge in [-0.3, -0.25) is 9.48 Å². The summed E-state index contributed by atoms with van der Waals surface area (Å²) in [7, 11) is 1.50. The van der Waals surface area contributed by atoms with E-state index in [1.807, 2.05) is 13.8 Å². The van der Waals surface area contributed by atoms with Crippen molar-refractivity contribution in [2.75, 3.05) is 5.32 Å². The van der Waals surface area contributed by atoms with E-state index in [-0.39, 0.29) is 17.4 Å². The summed E-state index contributed by atoms with van der Waals surface area (Å²) in [5, 5.41) is 16.3. The van der Waals surface area contributed by atoms with Crippen molar-refractivity contribution in [2.24, 2.45) is 7.05 Å². The van der Waals surface area contributed by atoms with Gasteiger partial charge in [0.25, 0.3) is 5.91 Å². The molecule has 1 amide bonds. The normalized spacial score (nSPS) is 14.2. The number of aryl methyl sites for hydroxylation is 2. The molecule has 0 bridgehead atoms. The smallest absolute Gasteiger partial charge is 0.341 e. The van der Waals surface area contributed by atoms with Crippen molar-refractivity contribution in [1.29, 1.82) is 0 Å². The van der Waals surface area contributed by atoms with Crippen LogP contribution in [0.15, 0.2) is 6.20 Å². The number of nitrogens with one attached hydrogen (secondary N) is 1. The summed E-state index contributed by atoms with van der Waals surface area (Å²) in [6.45, 7) is 3.75. The monoisotopic (exact) mass is 405 g/mol. The molecule has 2 heterocycles. The lowest BCUT2D eigenvalue weighted by Crippen LogP contribution is -2.21. The van der Waals surface area contributed by atoms with Gasteiger partial charge in [-0.25, -0.2) is 9.59 Å². The van der Waals surface area contributed by atoms with Crippen LogP contribution in [0.2, 0.25) is 0 Å². The first-order valence-corrected chi connectivity index (χ1v) is 10.1. The molecule has 1 aliphatic carbocycles. The second-order valence-electron chi connectivity index (χ2n) is 6.83. The number of aromatic nitrogens is 2. The molecule has 8 nitrogen and oxygen atoms in total. The van der Waals surface area contributed by atoms with Crippen LogP contribution in [-0.2, 0) is 24.6 Å². The molecule has 2 aromatic heterocycles. The lowest BCUT2D eigenvalue weighted by Gasteiger charge is -2.15. The molecule has 1 unspecified atom stereocenters. The number of hydrogen-bond donors (Lipinski definition) is 2. The summed E-state index contributed by atoms with van der Waals surface area (Å²) in [4.78, 5) is 38.1. The first-order valence-electron chi connectivity index (χ1n) is 9.25. The maximum absolute atomic E-state index is 12.8. The number of carboxylic acids is 1. The zero-order chi connectivity index (χ0) is 20.4. The van der Waals surface area contributed by atoms with Gasteiger partial charge in [0.05, 0.1) is 17.9 Å². The minimum Gasteiger partial charge on any atom is -0.478 e. The molecule has 0 saturated carbocycles. The Kier molecular flexibility index (Phi) is 5.83. The summed E-state index contributed by atoms with van der Waals surface area (Å²) < 4.78 is 6.73. The Morgan fingerprint density at radius 2 is 2.07 bits per heavy atom. The van der Waals surface area contributed by atoms with E-state index in [2.05, 4.69) is 10.4 Å². The van der Waals surface area contributed by atoms with Crippen LogP contribution in [0.25, 0.3) is 0 Å². The number of nitrogens with zero attached hydrogens (tertiary/aromatic N) is 2. The van der Waals surface area contributed by atoms with Gasteiger partial charge in [-0.15, -0.1) is 11.3 Å². The molecule has 0 fully saturated rings. The van der Waals surface area contributed by atoms with Crippen molar-refractivity contribution < 1.29 is 24.2 Å². The molecule has 0 aliphatic heterocycles. The largest absolute Gasteiger partial charge is 0.478 e. The van der Waals surface area contributed by atoms with Crippen LogP contribution in [0.4, 0.5) is 5.00 Å². The predicted octanol–water partition coefficient (Wildman–Crippen LogP) is 3.27. The van der Waals surface area contributed by atoms with Gasteiger partial charge in [0.1, 0.15) is 16.3 Å². The van der Waals surface area contributed by atoms with E-state index in [0.29, 0.717) is 17.0 Å². The van der Waals surface area contributed by atoms with Crippen molar-refractivity contribution in [2.45, 2.75) is 52.1 Å². The van der Waals surface area contributed by atoms with Crippen molar-refractivity contribution in [3.8, 4) is 0 Å². The first kappa shape index (κ1) is 20.1. The number of carbonyl (C=O) groups excluding carboxylic acids is 2. The highest BCUT2D eigenvalue weighted by atomic mass is 32.1. The molecule has 9 heteroatoms. The number of thiophene rings is 1. The molecule has 2 aromatic rings. The zero-order valence-corrected chi connectivity index (χ0v) is 16.9. The van der Waals surface area contributed by atoms with Crippen LogP contribution in [0.3, 0.4) is 0 Å². The molecule has 1 atom stereocenters. The Labute approximate surface area is 166 Å². The maximum atomic E-state index is 12.8. The minimum atomic E-state index is -1.24. The van der Waals surface area contributed by atoms with E-state index < -0.39 is 17.8 Å². The average molecular weight is 405 g/mol. The second-order valence-corrected chi connectivity index (χ2v) is 7.93. The molecule has 0 radical (unpaired) electrons. The van der Waals surface area contributed by atoms with E-state index in [0.717, 1.165) is 42.3 Å². The molecule has 1 aliphatic rings. The molecule has 0 spiro atoms. The van der Waals surface area contributed by atoms with E-state index in [1.165, 1.54) is 23.1 Å². The van der Waals surface area contributed by atoms with E-state index in [4.69, 9.17) is 4.74 Å². The molecule has 0 aromatic carbocycles. The van der Waals surface area contributed by atoms with Gasteiger partial charge in [0.15, 0.2) is 0 Å². The summed E-state index contributed by atoms with van der Waals surface area (Å²) >= 11 is 1.36. The van der Waals surface area contributed by atoms with Crippen LogP contribution in [0, 0.1) is 0 Å². The lowest BCUT2D eigenvalue weighted by molar-refractivity contribution is 0.0334. The summed E-state index contributed by atoms with van der Waals surface area (Å²) in [5.41, 5.74) is 1.07. The first-order chi connectivity index (χ1) is 13.3. The number of esters is 1. The number of anilines is 1.